The topological polar surface area (TPSA) is 92.6 Å². The summed E-state index contributed by atoms with van der Waals surface area (Å²) >= 11 is 0. The minimum absolute atomic E-state index is 0.0191. The number of hydrogen-bond acceptors (Lipinski definition) is 6. The number of fused-ring (bicyclic) bond motifs is 2. The van der Waals surface area contributed by atoms with Crippen molar-refractivity contribution in [2.75, 3.05) is 12.0 Å². The van der Waals surface area contributed by atoms with Crippen molar-refractivity contribution in [3.05, 3.63) is 17.6 Å². The monoisotopic (exact) mass is 291 g/mol. The molecule has 1 aromatic heterocycles. The fourth-order valence-corrected chi connectivity index (χ4v) is 3.48. The zero-order valence-electron chi connectivity index (χ0n) is 11.9. The van der Waals surface area contributed by atoms with E-state index in [1.807, 2.05) is 4.90 Å². The number of carboxylic acids is 1. The predicted molar refractivity (Wildman–Crippen MR) is 73.1 cm³/mol. The number of hydrogen-bond donors (Lipinski definition) is 1. The van der Waals surface area contributed by atoms with Crippen LogP contribution in [0.25, 0.3) is 0 Å². The lowest BCUT2D eigenvalue weighted by molar-refractivity contribution is -0.142. The highest BCUT2D eigenvalue weighted by molar-refractivity contribution is 5.85. The summed E-state index contributed by atoms with van der Waals surface area (Å²) in [6.45, 7) is 1.78. The van der Waals surface area contributed by atoms with E-state index in [0.717, 1.165) is 12.8 Å². The van der Waals surface area contributed by atoms with Crippen LogP contribution < -0.4 is 4.90 Å². The molecule has 0 saturated carbocycles. The molecule has 2 bridgehead atoms. The average molecular weight is 291 g/mol. The number of rotatable bonds is 3. The summed E-state index contributed by atoms with van der Waals surface area (Å²) in [5.41, 5.74) is 0.665. The number of carbonyl (C=O) groups excluding carboxylic acids is 1. The molecule has 1 aromatic rings. The normalized spacial score (nSPS) is 27.0. The molecule has 112 valence electrons. The van der Waals surface area contributed by atoms with Crippen molar-refractivity contribution in [1.82, 2.24) is 9.97 Å². The molecule has 3 atom stereocenters. The molecule has 0 amide bonds. The highest BCUT2D eigenvalue weighted by Crippen LogP contribution is 2.44. The SMILES string of the molecule is COC(=O)c1nc(C)cc(N2C3CCC2C(C(=O)O)C3)n1. The lowest BCUT2D eigenvalue weighted by Crippen LogP contribution is -2.34. The van der Waals surface area contributed by atoms with Gasteiger partial charge in [0.25, 0.3) is 0 Å². The number of methoxy groups -OCH3 is 1. The quantitative estimate of drug-likeness (QED) is 0.831. The number of carboxylic acid groups (broad SMARTS) is 1. The first-order chi connectivity index (χ1) is 10.0. The highest BCUT2D eigenvalue weighted by atomic mass is 16.5. The molecule has 0 aliphatic carbocycles. The second-order valence-corrected chi connectivity index (χ2v) is 5.57. The Morgan fingerprint density at radius 3 is 2.76 bits per heavy atom. The number of anilines is 1. The molecule has 2 fully saturated rings. The van der Waals surface area contributed by atoms with Crippen LogP contribution in [0.5, 0.6) is 0 Å². The second-order valence-electron chi connectivity index (χ2n) is 5.57. The molecule has 21 heavy (non-hydrogen) atoms. The number of aromatic nitrogens is 2. The molecule has 3 unspecified atom stereocenters. The van der Waals surface area contributed by atoms with E-state index in [2.05, 4.69) is 14.7 Å². The minimum Gasteiger partial charge on any atom is -0.481 e. The van der Waals surface area contributed by atoms with E-state index in [9.17, 15) is 14.7 Å². The Balaban J connectivity index is 1.96. The maximum Gasteiger partial charge on any atom is 0.376 e. The summed E-state index contributed by atoms with van der Waals surface area (Å²) < 4.78 is 4.66. The summed E-state index contributed by atoms with van der Waals surface area (Å²) in [5.74, 6) is -1.06. The van der Waals surface area contributed by atoms with Crippen LogP contribution in [0.2, 0.25) is 0 Å². The van der Waals surface area contributed by atoms with E-state index < -0.39 is 11.9 Å². The van der Waals surface area contributed by atoms with Gasteiger partial charge in [0.1, 0.15) is 5.82 Å². The summed E-state index contributed by atoms with van der Waals surface area (Å²) in [6.07, 6.45) is 2.44. The van der Waals surface area contributed by atoms with Gasteiger partial charge in [-0.3, -0.25) is 4.79 Å². The van der Waals surface area contributed by atoms with Crippen LogP contribution in [-0.2, 0) is 9.53 Å². The Morgan fingerprint density at radius 2 is 2.14 bits per heavy atom. The van der Waals surface area contributed by atoms with E-state index in [-0.39, 0.29) is 23.8 Å². The van der Waals surface area contributed by atoms with Crippen molar-refractivity contribution in [2.24, 2.45) is 5.92 Å². The van der Waals surface area contributed by atoms with Crippen LogP contribution >= 0.6 is 0 Å². The van der Waals surface area contributed by atoms with Crippen LogP contribution in [0.1, 0.15) is 35.6 Å². The molecule has 0 aromatic carbocycles. The van der Waals surface area contributed by atoms with E-state index in [0.29, 0.717) is 17.9 Å². The third kappa shape index (κ3) is 2.22. The van der Waals surface area contributed by atoms with Crippen molar-refractivity contribution in [3.8, 4) is 0 Å². The van der Waals surface area contributed by atoms with Crippen LogP contribution in [0.3, 0.4) is 0 Å². The first-order valence-corrected chi connectivity index (χ1v) is 6.96. The maximum absolute atomic E-state index is 11.6. The van der Waals surface area contributed by atoms with Gasteiger partial charge < -0.3 is 14.7 Å². The molecule has 0 spiro atoms. The third-order valence-electron chi connectivity index (χ3n) is 4.33. The predicted octanol–water partition coefficient (Wildman–Crippen LogP) is 1.01. The molecule has 0 radical (unpaired) electrons. The summed E-state index contributed by atoms with van der Waals surface area (Å²) in [4.78, 5) is 33.3. The van der Waals surface area contributed by atoms with Gasteiger partial charge in [-0.05, 0) is 26.2 Å². The Hall–Kier alpha value is -2.18. The van der Waals surface area contributed by atoms with Gasteiger partial charge in [0, 0.05) is 23.8 Å². The molecule has 3 rings (SSSR count). The van der Waals surface area contributed by atoms with Crippen molar-refractivity contribution in [3.63, 3.8) is 0 Å². The molecule has 2 aliphatic rings. The van der Waals surface area contributed by atoms with Crippen LogP contribution in [0, 0.1) is 12.8 Å². The van der Waals surface area contributed by atoms with E-state index >= 15 is 0 Å². The summed E-state index contributed by atoms with van der Waals surface area (Å²) in [6, 6.07) is 1.92. The number of ether oxygens (including phenoxy) is 1. The first-order valence-electron chi connectivity index (χ1n) is 6.96. The molecule has 1 N–H and O–H groups in total. The number of carbonyl (C=O) groups is 2. The van der Waals surface area contributed by atoms with Gasteiger partial charge in [0.05, 0.1) is 13.0 Å². The van der Waals surface area contributed by atoms with Gasteiger partial charge in [-0.15, -0.1) is 0 Å². The van der Waals surface area contributed by atoms with Crippen LogP contribution in [0.4, 0.5) is 5.82 Å². The minimum atomic E-state index is -0.758. The number of esters is 1. The van der Waals surface area contributed by atoms with E-state index in [1.165, 1.54) is 7.11 Å². The van der Waals surface area contributed by atoms with Gasteiger partial charge in [-0.2, -0.15) is 0 Å². The molecular formula is C14H17N3O4. The zero-order chi connectivity index (χ0) is 15.1. The van der Waals surface area contributed by atoms with Crippen molar-refractivity contribution < 1.29 is 19.4 Å². The number of aryl methyl sites for hydroxylation is 1. The smallest absolute Gasteiger partial charge is 0.376 e. The number of nitrogens with zero attached hydrogens (tertiary/aromatic N) is 3. The Bertz CT molecular complexity index is 604. The van der Waals surface area contributed by atoms with Gasteiger partial charge in [0.15, 0.2) is 0 Å². The van der Waals surface area contributed by atoms with Gasteiger partial charge in [0.2, 0.25) is 5.82 Å². The van der Waals surface area contributed by atoms with E-state index in [4.69, 9.17) is 0 Å². The molecule has 7 nitrogen and oxygen atoms in total. The maximum atomic E-state index is 11.6. The number of aliphatic carboxylic acids is 1. The molecule has 2 saturated heterocycles. The fraction of sp³-hybridized carbons (Fsp3) is 0.571. The summed E-state index contributed by atoms with van der Waals surface area (Å²) in [7, 11) is 1.29. The van der Waals surface area contributed by atoms with Crippen molar-refractivity contribution in [1.29, 1.82) is 0 Å². The second kappa shape index (κ2) is 4.98. The van der Waals surface area contributed by atoms with Gasteiger partial charge >= 0.3 is 11.9 Å². The van der Waals surface area contributed by atoms with E-state index in [1.54, 1.807) is 13.0 Å². The molecule has 2 aliphatic heterocycles. The van der Waals surface area contributed by atoms with Gasteiger partial charge in [-0.25, -0.2) is 14.8 Å². The van der Waals surface area contributed by atoms with Gasteiger partial charge in [-0.1, -0.05) is 0 Å². The van der Waals surface area contributed by atoms with Crippen LogP contribution in [-0.4, -0.2) is 46.2 Å². The average Bonchev–Trinajstić information content (AvgIpc) is 3.03. The van der Waals surface area contributed by atoms with Crippen molar-refractivity contribution in [2.45, 2.75) is 38.3 Å². The molecule has 3 heterocycles. The first kappa shape index (κ1) is 13.8. The molecule has 7 heteroatoms. The fourth-order valence-electron chi connectivity index (χ4n) is 3.48. The lowest BCUT2D eigenvalue weighted by Gasteiger charge is -2.24. The van der Waals surface area contributed by atoms with Crippen molar-refractivity contribution >= 4 is 17.8 Å². The standard InChI is InChI=1S/C14H17N3O4/c1-7-5-11(16-12(15-7)14(20)21-2)17-8-3-4-10(17)9(6-8)13(18)19/h5,8-10H,3-4,6H2,1-2H3,(H,18,19). The largest absolute Gasteiger partial charge is 0.481 e. The zero-order valence-corrected chi connectivity index (χ0v) is 11.9. The van der Waals surface area contributed by atoms with Crippen LogP contribution in [0.15, 0.2) is 6.07 Å². The Kier molecular flexibility index (Phi) is 3.27. The summed E-state index contributed by atoms with van der Waals surface area (Å²) in [5, 5.41) is 9.30. The Labute approximate surface area is 121 Å². The highest BCUT2D eigenvalue weighted by Gasteiger charge is 2.50. The lowest BCUT2D eigenvalue weighted by atomic mass is 9.89. The Morgan fingerprint density at radius 1 is 1.38 bits per heavy atom. The third-order valence-corrected chi connectivity index (χ3v) is 4.33. The molecular weight excluding hydrogens is 274 g/mol.